The molecule has 2 fully saturated rings. The molecule has 0 radical (unpaired) electrons. The number of nitrogens with one attached hydrogen (secondary N) is 1. The fourth-order valence-electron chi connectivity index (χ4n) is 3.47. The highest BCUT2D eigenvalue weighted by Gasteiger charge is 2.36. The van der Waals surface area contributed by atoms with Crippen LogP contribution in [0.4, 0.5) is 0 Å². The van der Waals surface area contributed by atoms with Crippen LogP contribution < -0.4 is 5.32 Å². The third-order valence-corrected chi connectivity index (χ3v) is 4.70. The number of pyridine rings is 1. The van der Waals surface area contributed by atoms with Gasteiger partial charge in [-0.25, -0.2) is 9.50 Å². The Hall–Kier alpha value is -1.99. The summed E-state index contributed by atoms with van der Waals surface area (Å²) in [6, 6.07) is 4.25. The zero-order valence-electron chi connectivity index (χ0n) is 13.0. The van der Waals surface area contributed by atoms with Crippen LogP contribution in [0.3, 0.4) is 0 Å². The highest BCUT2D eigenvalue weighted by molar-refractivity contribution is 5.82. The second kappa shape index (κ2) is 6.25. The van der Waals surface area contributed by atoms with Crippen molar-refractivity contribution >= 4 is 11.6 Å². The third kappa shape index (κ3) is 2.82. The Labute approximate surface area is 134 Å². The molecular formula is C16H21N5O2. The number of amides is 1. The molecule has 2 unspecified atom stereocenters. The summed E-state index contributed by atoms with van der Waals surface area (Å²) in [5.41, 5.74) is 2.05. The van der Waals surface area contributed by atoms with Gasteiger partial charge in [-0.2, -0.15) is 5.10 Å². The molecule has 4 heterocycles. The number of aromatic nitrogens is 3. The van der Waals surface area contributed by atoms with E-state index in [-0.39, 0.29) is 18.1 Å². The maximum Gasteiger partial charge on any atom is 0.252 e. The summed E-state index contributed by atoms with van der Waals surface area (Å²) < 4.78 is 7.59. The summed E-state index contributed by atoms with van der Waals surface area (Å²) in [7, 11) is 0. The molecule has 2 aliphatic rings. The van der Waals surface area contributed by atoms with Gasteiger partial charge >= 0.3 is 0 Å². The molecule has 2 aromatic rings. The number of hydrogen-bond donors (Lipinski definition) is 1. The van der Waals surface area contributed by atoms with Crippen molar-refractivity contribution in [2.24, 2.45) is 0 Å². The lowest BCUT2D eigenvalue weighted by atomic mass is 10.0. The number of rotatable bonds is 4. The van der Waals surface area contributed by atoms with Gasteiger partial charge in [0, 0.05) is 25.8 Å². The van der Waals surface area contributed by atoms with E-state index >= 15 is 0 Å². The Morgan fingerprint density at radius 3 is 3.35 bits per heavy atom. The summed E-state index contributed by atoms with van der Waals surface area (Å²) in [4.78, 5) is 18.8. The van der Waals surface area contributed by atoms with E-state index in [1.807, 2.05) is 17.2 Å². The standard InChI is InChI=1S/C16H21N5O2/c22-16-14(23-10-13-9-17-6-8-20(13)16)5-1-3-12-4-2-7-21-15(12)18-11-19-21/h2,4,7,11,13-14,17H,1,3,5-6,8-10H2. The minimum absolute atomic E-state index is 0.156. The van der Waals surface area contributed by atoms with E-state index in [1.54, 1.807) is 10.8 Å². The van der Waals surface area contributed by atoms with Gasteiger partial charge < -0.3 is 15.0 Å². The number of hydrogen-bond acceptors (Lipinski definition) is 5. The van der Waals surface area contributed by atoms with Gasteiger partial charge in [0.05, 0.1) is 12.6 Å². The van der Waals surface area contributed by atoms with E-state index in [1.165, 1.54) is 0 Å². The number of carbonyl (C=O) groups is 1. The molecule has 0 spiro atoms. The molecule has 2 aromatic heterocycles. The molecule has 23 heavy (non-hydrogen) atoms. The molecule has 1 amide bonds. The fourth-order valence-corrected chi connectivity index (χ4v) is 3.47. The van der Waals surface area contributed by atoms with Gasteiger partial charge in [0.1, 0.15) is 12.4 Å². The second-order valence-electron chi connectivity index (χ2n) is 6.17. The van der Waals surface area contributed by atoms with E-state index in [0.29, 0.717) is 6.61 Å². The summed E-state index contributed by atoms with van der Waals surface area (Å²) in [6.07, 6.45) is 5.70. The molecular weight excluding hydrogens is 294 g/mol. The molecule has 122 valence electrons. The molecule has 2 atom stereocenters. The zero-order chi connectivity index (χ0) is 15.6. The van der Waals surface area contributed by atoms with Crippen LogP contribution in [-0.4, -0.2) is 63.8 Å². The molecule has 2 saturated heterocycles. The minimum Gasteiger partial charge on any atom is -0.366 e. The van der Waals surface area contributed by atoms with Crippen LogP contribution in [0.15, 0.2) is 24.7 Å². The number of morpholine rings is 1. The molecule has 0 bridgehead atoms. The topological polar surface area (TPSA) is 71.8 Å². The Bertz CT molecular complexity index is 701. The Morgan fingerprint density at radius 1 is 1.43 bits per heavy atom. The first-order chi connectivity index (χ1) is 11.3. The van der Waals surface area contributed by atoms with Crippen molar-refractivity contribution < 1.29 is 9.53 Å². The molecule has 0 aliphatic carbocycles. The van der Waals surface area contributed by atoms with Crippen molar-refractivity contribution in [3.05, 3.63) is 30.2 Å². The summed E-state index contributed by atoms with van der Waals surface area (Å²) in [5, 5.41) is 7.46. The average Bonchev–Trinajstić information content (AvgIpc) is 3.07. The van der Waals surface area contributed by atoms with Gasteiger partial charge in [0.2, 0.25) is 0 Å². The van der Waals surface area contributed by atoms with E-state index in [4.69, 9.17) is 4.74 Å². The van der Waals surface area contributed by atoms with Crippen molar-refractivity contribution in [2.75, 3.05) is 26.2 Å². The van der Waals surface area contributed by atoms with Crippen molar-refractivity contribution in [3.8, 4) is 0 Å². The summed E-state index contributed by atoms with van der Waals surface area (Å²) in [5.74, 6) is 0.156. The number of piperazine rings is 1. The number of nitrogens with zero attached hydrogens (tertiary/aromatic N) is 4. The number of ether oxygens (including phenoxy) is 1. The van der Waals surface area contributed by atoms with Crippen LogP contribution in [0.1, 0.15) is 18.4 Å². The minimum atomic E-state index is -0.290. The van der Waals surface area contributed by atoms with Crippen LogP contribution in [0, 0.1) is 0 Å². The largest absolute Gasteiger partial charge is 0.366 e. The molecule has 7 nitrogen and oxygen atoms in total. The third-order valence-electron chi connectivity index (χ3n) is 4.70. The van der Waals surface area contributed by atoms with Crippen molar-refractivity contribution in [1.82, 2.24) is 24.8 Å². The molecule has 0 saturated carbocycles. The predicted octanol–water partition coefficient (Wildman–Crippen LogP) is 0.251. The monoisotopic (exact) mass is 315 g/mol. The zero-order valence-corrected chi connectivity index (χ0v) is 13.0. The van der Waals surface area contributed by atoms with Crippen LogP contribution >= 0.6 is 0 Å². The average molecular weight is 315 g/mol. The van der Waals surface area contributed by atoms with Gasteiger partial charge in [-0.3, -0.25) is 4.79 Å². The van der Waals surface area contributed by atoms with Gasteiger partial charge in [-0.05, 0) is 30.9 Å². The van der Waals surface area contributed by atoms with Gasteiger partial charge in [0.15, 0.2) is 5.65 Å². The smallest absolute Gasteiger partial charge is 0.252 e. The first-order valence-corrected chi connectivity index (χ1v) is 8.23. The van der Waals surface area contributed by atoms with Crippen LogP contribution in [-0.2, 0) is 16.0 Å². The SMILES string of the molecule is O=C1C(CCCc2cccn3ncnc23)OCC2CNCCN12. The first kappa shape index (κ1) is 14.6. The molecule has 1 N–H and O–H groups in total. The first-order valence-electron chi connectivity index (χ1n) is 8.23. The lowest BCUT2D eigenvalue weighted by Crippen LogP contribution is -2.61. The molecule has 7 heteroatoms. The Morgan fingerprint density at radius 2 is 2.39 bits per heavy atom. The number of aryl methyl sites for hydroxylation is 1. The number of carbonyl (C=O) groups excluding carboxylic acids is 1. The molecule has 2 aliphatic heterocycles. The van der Waals surface area contributed by atoms with E-state index < -0.39 is 0 Å². The van der Waals surface area contributed by atoms with E-state index in [9.17, 15) is 4.79 Å². The van der Waals surface area contributed by atoms with Crippen molar-refractivity contribution in [1.29, 1.82) is 0 Å². The van der Waals surface area contributed by atoms with Crippen LogP contribution in [0.2, 0.25) is 0 Å². The summed E-state index contributed by atoms with van der Waals surface area (Å²) >= 11 is 0. The van der Waals surface area contributed by atoms with E-state index in [0.717, 1.165) is 50.1 Å². The lowest BCUT2D eigenvalue weighted by Gasteiger charge is -2.42. The highest BCUT2D eigenvalue weighted by atomic mass is 16.5. The quantitative estimate of drug-likeness (QED) is 0.876. The maximum absolute atomic E-state index is 12.5. The van der Waals surface area contributed by atoms with Gasteiger partial charge in [-0.15, -0.1) is 0 Å². The van der Waals surface area contributed by atoms with Crippen molar-refractivity contribution in [2.45, 2.75) is 31.4 Å². The normalized spacial score (nSPS) is 24.9. The second-order valence-corrected chi connectivity index (χ2v) is 6.17. The maximum atomic E-state index is 12.5. The molecule has 0 aromatic carbocycles. The highest BCUT2D eigenvalue weighted by Crippen LogP contribution is 2.20. The lowest BCUT2D eigenvalue weighted by molar-refractivity contribution is -0.161. The van der Waals surface area contributed by atoms with Crippen molar-refractivity contribution in [3.63, 3.8) is 0 Å². The van der Waals surface area contributed by atoms with Crippen LogP contribution in [0.5, 0.6) is 0 Å². The van der Waals surface area contributed by atoms with Gasteiger partial charge in [0.25, 0.3) is 5.91 Å². The van der Waals surface area contributed by atoms with E-state index in [2.05, 4.69) is 21.5 Å². The fraction of sp³-hybridized carbons (Fsp3) is 0.562. The molecule has 4 rings (SSSR count). The Balaban J connectivity index is 1.36. The van der Waals surface area contributed by atoms with Crippen LogP contribution in [0.25, 0.3) is 5.65 Å². The summed E-state index contributed by atoms with van der Waals surface area (Å²) in [6.45, 7) is 3.16. The predicted molar refractivity (Wildman–Crippen MR) is 84.0 cm³/mol. The Kier molecular flexibility index (Phi) is 3.97. The number of fused-ring (bicyclic) bond motifs is 2. The van der Waals surface area contributed by atoms with Gasteiger partial charge in [-0.1, -0.05) is 6.07 Å².